The number of hydrogen-bond donors (Lipinski definition) is 1. The van der Waals surface area contributed by atoms with Gasteiger partial charge < -0.3 is 19.3 Å². The lowest BCUT2D eigenvalue weighted by atomic mass is 9.94. The smallest absolute Gasteiger partial charge is 0.300 e. The second-order valence-corrected chi connectivity index (χ2v) is 9.14. The van der Waals surface area contributed by atoms with Crippen LogP contribution >= 0.6 is 23.2 Å². The maximum Gasteiger partial charge on any atom is 0.300 e. The summed E-state index contributed by atoms with van der Waals surface area (Å²) in [5.74, 6) is -0.888. The van der Waals surface area contributed by atoms with Crippen LogP contribution in [0.3, 0.4) is 0 Å². The van der Waals surface area contributed by atoms with E-state index in [0.717, 1.165) is 5.56 Å². The molecule has 0 saturated carbocycles. The predicted molar refractivity (Wildman–Crippen MR) is 143 cm³/mol. The zero-order valence-electron chi connectivity index (χ0n) is 20.7. The molecule has 1 aliphatic heterocycles. The minimum Gasteiger partial charge on any atom is -0.507 e. The number of nitrogens with zero attached hydrogens (tertiary/aromatic N) is 1. The Morgan fingerprint density at radius 1 is 0.973 bits per heavy atom. The van der Waals surface area contributed by atoms with Gasteiger partial charge in [0.05, 0.1) is 42.5 Å². The molecule has 0 aliphatic carbocycles. The third-order valence-corrected chi connectivity index (χ3v) is 6.56. The number of hydrogen-bond acceptors (Lipinski definition) is 6. The lowest BCUT2D eigenvalue weighted by Gasteiger charge is -2.26. The Labute approximate surface area is 224 Å². The van der Waals surface area contributed by atoms with Gasteiger partial charge in [-0.3, -0.25) is 14.5 Å². The van der Waals surface area contributed by atoms with E-state index in [0.29, 0.717) is 29.4 Å². The molecule has 3 aromatic rings. The molecule has 37 heavy (non-hydrogen) atoms. The number of halogens is 2. The Bertz CT molecular complexity index is 1390. The van der Waals surface area contributed by atoms with Crippen LogP contribution in [0.15, 0.2) is 60.2 Å². The van der Waals surface area contributed by atoms with Gasteiger partial charge in [-0.15, -0.1) is 0 Å². The van der Waals surface area contributed by atoms with Crippen LogP contribution in [0, 0.1) is 6.92 Å². The van der Waals surface area contributed by atoms with Crippen molar-refractivity contribution in [3.8, 4) is 17.2 Å². The number of carbonyl (C=O) groups is 2. The number of rotatable bonds is 7. The minimum atomic E-state index is -0.967. The number of aliphatic hydroxyl groups excluding tert-OH is 1. The Hall–Kier alpha value is -3.68. The van der Waals surface area contributed by atoms with Crippen molar-refractivity contribution in [2.45, 2.75) is 19.9 Å². The summed E-state index contributed by atoms with van der Waals surface area (Å²) in [6.45, 7) is 4.16. The van der Waals surface area contributed by atoms with Crippen LogP contribution in [0.1, 0.15) is 29.7 Å². The first-order chi connectivity index (χ1) is 17.7. The number of Topliss-reactive ketones (excluding diaryl/α,β-unsaturated/α-hetero) is 1. The number of carbonyl (C=O) groups excluding carboxylic acids is 2. The minimum absolute atomic E-state index is 0.116. The van der Waals surface area contributed by atoms with Crippen LogP contribution in [0.4, 0.5) is 5.69 Å². The summed E-state index contributed by atoms with van der Waals surface area (Å²) in [7, 11) is 2.92. The van der Waals surface area contributed by atoms with Gasteiger partial charge in [-0.1, -0.05) is 41.4 Å². The Balaban J connectivity index is 1.98. The van der Waals surface area contributed by atoms with Crippen LogP contribution in [-0.4, -0.2) is 37.6 Å². The normalized spacial score (nSPS) is 16.7. The molecule has 1 amide bonds. The maximum absolute atomic E-state index is 13.4. The summed E-state index contributed by atoms with van der Waals surface area (Å²) in [4.78, 5) is 28.2. The van der Waals surface area contributed by atoms with Crippen molar-refractivity contribution < 1.29 is 28.9 Å². The molecule has 9 heteroatoms. The largest absolute Gasteiger partial charge is 0.507 e. The van der Waals surface area contributed by atoms with Crippen molar-refractivity contribution >= 4 is 46.3 Å². The van der Waals surface area contributed by atoms with E-state index in [1.54, 1.807) is 36.4 Å². The fourth-order valence-corrected chi connectivity index (χ4v) is 5.01. The average Bonchev–Trinajstić information content (AvgIpc) is 3.14. The highest BCUT2D eigenvalue weighted by molar-refractivity contribution is 6.51. The number of anilines is 1. The number of methoxy groups -OCH3 is 2. The molecule has 7 nitrogen and oxygen atoms in total. The molecule has 192 valence electrons. The Kier molecular flexibility index (Phi) is 7.66. The van der Waals surface area contributed by atoms with Crippen molar-refractivity contribution in [2.75, 3.05) is 25.7 Å². The van der Waals surface area contributed by atoms with Gasteiger partial charge in [-0.2, -0.15) is 0 Å². The van der Waals surface area contributed by atoms with Gasteiger partial charge in [-0.05, 0) is 61.4 Å². The topological polar surface area (TPSA) is 85.3 Å². The molecule has 1 heterocycles. The van der Waals surface area contributed by atoms with Gasteiger partial charge in [0.25, 0.3) is 11.7 Å². The molecule has 1 fully saturated rings. The summed E-state index contributed by atoms with van der Waals surface area (Å²) in [5, 5.41) is 11.7. The quantitative estimate of drug-likeness (QED) is 0.213. The highest BCUT2D eigenvalue weighted by Crippen LogP contribution is 2.45. The molecule has 1 atom stereocenters. The molecular formula is C28H25Cl2NO6. The monoisotopic (exact) mass is 541 g/mol. The van der Waals surface area contributed by atoms with Crippen LogP contribution in [0.5, 0.6) is 17.2 Å². The maximum atomic E-state index is 13.4. The summed E-state index contributed by atoms with van der Waals surface area (Å²) in [5.41, 5.74) is 1.99. The lowest BCUT2D eigenvalue weighted by molar-refractivity contribution is -0.132. The first-order valence-corrected chi connectivity index (χ1v) is 12.2. The number of benzene rings is 3. The highest BCUT2D eigenvalue weighted by Gasteiger charge is 2.47. The van der Waals surface area contributed by atoms with E-state index in [2.05, 4.69) is 0 Å². The third kappa shape index (κ3) is 4.84. The van der Waals surface area contributed by atoms with Gasteiger partial charge in [0.1, 0.15) is 5.76 Å². The number of ketones is 1. The van der Waals surface area contributed by atoms with Crippen LogP contribution < -0.4 is 19.1 Å². The van der Waals surface area contributed by atoms with E-state index in [4.69, 9.17) is 37.4 Å². The van der Waals surface area contributed by atoms with E-state index in [1.165, 1.54) is 31.3 Å². The Morgan fingerprint density at radius 3 is 2.27 bits per heavy atom. The molecule has 1 unspecified atom stereocenters. The predicted octanol–water partition coefficient (Wildman–Crippen LogP) is 6.34. The van der Waals surface area contributed by atoms with Gasteiger partial charge in [0.2, 0.25) is 0 Å². The second-order valence-electron chi connectivity index (χ2n) is 8.32. The van der Waals surface area contributed by atoms with Crippen molar-refractivity contribution in [1.29, 1.82) is 0 Å². The van der Waals surface area contributed by atoms with E-state index in [-0.39, 0.29) is 26.9 Å². The van der Waals surface area contributed by atoms with Crippen LogP contribution in [0.2, 0.25) is 10.0 Å². The molecule has 3 aromatic carbocycles. The van der Waals surface area contributed by atoms with Gasteiger partial charge >= 0.3 is 0 Å². The number of aryl methyl sites for hydroxylation is 1. The molecule has 0 radical (unpaired) electrons. The summed E-state index contributed by atoms with van der Waals surface area (Å²) in [6.07, 6.45) is 0. The molecule has 1 N–H and O–H groups in total. The summed E-state index contributed by atoms with van der Waals surface area (Å²) in [6, 6.07) is 14.2. The fourth-order valence-electron chi connectivity index (χ4n) is 4.37. The van der Waals surface area contributed by atoms with Gasteiger partial charge in [0.15, 0.2) is 17.2 Å². The fraction of sp³-hybridized carbons (Fsp3) is 0.214. The molecular weight excluding hydrogens is 517 g/mol. The van der Waals surface area contributed by atoms with Crippen molar-refractivity contribution in [3.63, 3.8) is 0 Å². The van der Waals surface area contributed by atoms with Crippen LogP contribution in [-0.2, 0) is 9.59 Å². The van der Waals surface area contributed by atoms with E-state index >= 15 is 0 Å². The first kappa shape index (κ1) is 26.4. The van der Waals surface area contributed by atoms with Gasteiger partial charge in [0, 0.05) is 11.3 Å². The number of amides is 1. The zero-order chi connectivity index (χ0) is 26.9. The van der Waals surface area contributed by atoms with E-state index in [1.807, 2.05) is 19.9 Å². The molecule has 1 saturated heterocycles. The SMILES string of the molecule is CCOc1ccc(C2/C(=C(\O)c3cc(Cl)c(OC)c(Cl)c3)C(=O)C(=O)N2c2cccc(C)c2)cc1OC. The summed E-state index contributed by atoms with van der Waals surface area (Å²) >= 11 is 12.6. The second kappa shape index (κ2) is 10.7. The summed E-state index contributed by atoms with van der Waals surface area (Å²) < 4.78 is 16.3. The molecule has 0 aromatic heterocycles. The first-order valence-electron chi connectivity index (χ1n) is 11.4. The average molecular weight is 542 g/mol. The molecule has 0 bridgehead atoms. The van der Waals surface area contributed by atoms with Crippen molar-refractivity contribution in [2.24, 2.45) is 0 Å². The number of ether oxygens (including phenoxy) is 3. The van der Waals surface area contributed by atoms with Crippen molar-refractivity contribution in [3.05, 3.63) is 86.9 Å². The third-order valence-electron chi connectivity index (χ3n) is 6.00. The Morgan fingerprint density at radius 2 is 1.68 bits per heavy atom. The molecule has 1 aliphatic rings. The number of aliphatic hydroxyl groups is 1. The zero-order valence-corrected chi connectivity index (χ0v) is 22.2. The van der Waals surface area contributed by atoms with Gasteiger partial charge in [-0.25, -0.2) is 0 Å². The molecule has 4 rings (SSSR count). The lowest BCUT2D eigenvalue weighted by Crippen LogP contribution is -2.29. The highest BCUT2D eigenvalue weighted by atomic mass is 35.5. The van der Waals surface area contributed by atoms with E-state index in [9.17, 15) is 14.7 Å². The van der Waals surface area contributed by atoms with E-state index < -0.39 is 23.5 Å². The molecule has 0 spiro atoms. The van der Waals surface area contributed by atoms with Crippen molar-refractivity contribution in [1.82, 2.24) is 0 Å². The van der Waals surface area contributed by atoms with Crippen LogP contribution in [0.25, 0.3) is 5.76 Å². The standard InChI is InChI=1S/C28H25Cl2NO6/c1-5-37-21-10-9-16(14-22(21)35-3)24-23(25(32)17-12-19(29)27(36-4)20(30)13-17)26(33)28(34)31(24)18-8-6-7-15(2)11-18/h6-14,24,32H,5H2,1-4H3/b25-23+.